The highest BCUT2D eigenvalue weighted by Crippen LogP contribution is 2.32. The molecule has 1 aromatic heterocycles. The molecule has 3 aromatic carbocycles. The molecule has 0 spiro atoms. The van der Waals surface area contributed by atoms with Gasteiger partial charge in [0.05, 0.1) is 29.6 Å². The van der Waals surface area contributed by atoms with Crippen LogP contribution >= 0.6 is 46.1 Å². The van der Waals surface area contributed by atoms with Crippen molar-refractivity contribution in [1.29, 1.82) is 0 Å². The molecule has 0 unspecified atom stereocenters. The Labute approximate surface area is 214 Å². The number of esters is 1. The third kappa shape index (κ3) is 5.87. The number of hydrogen-bond acceptors (Lipinski definition) is 7. The number of anilines is 1. The summed E-state index contributed by atoms with van der Waals surface area (Å²) < 4.78 is 10.8. The molecule has 0 atom stereocenters. The first-order valence-electron chi connectivity index (χ1n) is 9.79. The number of benzene rings is 3. The molecule has 0 bridgehead atoms. The van der Waals surface area contributed by atoms with Crippen LogP contribution in [0.5, 0.6) is 11.5 Å². The van der Waals surface area contributed by atoms with Crippen molar-refractivity contribution in [3.8, 4) is 22.8 Å². The van der Waals surface area contributed by atoms with E-state index in [1.807, 2.05) is 11.4 Å². The third-order valence-electron chi connectivity index (χ3n) is 4.56. The number of rotatable bonds is 7. The van der Waals surface area contributed by atoms with Crippen molar-refractivity contribution in [2.24, 2.45) is 5.10 Å². The molecule has 0 saturated heterocycles. The molecular formula is C24H16Cl3N3O3S. The molecular weight excluding hydrogens is 517 g/mol. The van der Waals surface area contributed by atoms with Gasteiger partial charge in [-0.2, -0.15) is 5.10 Å². The van der Waals surface area contributed by atoms with E-state index in [4.69, 9.17) is 44.3 Å². The number of ether oxygens (including phenoxy) is 2. The number of aromatic nitrogens is 1. The first kappa shape index (κ1) is 24.0. The predicted molar refractivity (Wildman–Crippen MR) is 138 cm³/mol. The van der Waals surface area contributed by atoms with Crippen molar-refractivity contribution in [3.05, 3.63) is 92.2 Å². The molecule has 0 fully saturated rings. The standard InChI is InChI=1S/C24H16Cl3N3O3S/c1-32-22-10-14(2-9-21(22)33-23(31)15-3-5-16(25)6-4-15)12-28-30-24-29-20(13-34-24)18-8-7-17(26)11-19(18)27/h2-13H,1H3,(H,29,30)/b28-12-. The Balaban J connectivity index is 1.42. The van der Waals surface area contributed by atoms with Crippen LogP contribution in [0.3, 0.4) is 0 Å². The van der Waals surface area contributed by atoms with Crippen LogP contribution in [-0.4, -0.2) is 24.3 Å². The molecule has 0 saturated carbocycles. The second kappa shape index (κ2) is 10.9. The van der Waals surface area contributed by atoms with Crippen molar-refractivity contribution in [2.75, 3.05) is 12.5 Å². The third-order valence-corrected chi connectivity index (χ3v) is 6.10. The lowest BCUT2D eigenvalue weighted by Gasteiger charge is -2.10. The van der Waals surface area contributed by atoms with Crippen LogP contribution in [0.4, 0.5) is 5.13 Å². The fourth-order valence-electron chi connectivity index (χ4n) is 2.90. The number of halogens is 3. The number of thiazole rings is 1. The largest absolute Gasteiger partial charge is 0.493 e. The molecule has 0 aliphatic heterocycles. The first-order valence-corrected chi connectivity index (χ1v) is 11.8. The average Bonchev–Trinajstić information content (AvgIpc) is 3.28. The van der Waals surface area contributed by atoms with Gasteiger partial charge in [-0.25, -0.2) is 9.78 Å². The van der Waals surface area contributed by atoms with E-state index in [2.05, 4.69) is 15.5 Å². The lowest BCUT2D eigenvalue weighted by molar-refractivity contribution is 0.0729. The van der Waals surface area contributed by atoms with E-state index in [1.54, 1.807) is 60.8 Å². The van der Waals surface area contributed by atoms with Crippen molar-refractivity contribution in [2.45, 2.75) is 0 Å². The lowest BCUT2D eigenvalue weighted by atomic mass is 10.2. The molecule has 0 aliphatic rings. The maximum absolute atomic E-state index is 12.4. The molecule has 0 radical (unpaired) electrons. The van der Waals surface area contributed by atoms with E-state index in [9.17, 15) is 4.79 Å². The molecule has 1 heterocycles. The van der Waals surface area contributed by atoms with Gasteiger partial charge in [-0.1, -0.05) is 34.8 Å². The zero-order chi connectivity index (χ0) is 24.1. The van der Waals surface area contributed by atoms with E-state index in [1.165, 1.54) is 18.4 Å². The highest BCUT2D eigenvalue weighted by Gasteiger charge is 2.13. The quantitative estimate of drug-likeness (QED) is 0.116. The Hall–Kier alpha value is -3.10. The van der Waals surface area contributed by atoms with E-state index in [0.717, 1.165) is 16.8 Å². The Morgan fingerprint density at radius 2 is 1.76 bits per heavy atom. The summed E-state index contributed by atoms with van der Waals surface area (Å²) >= 11 is 19.5. The second-order valence-corrected chi connectivity index (χ2v) is 8.98. The maximum Gasteiger partial charge on any atom is 0.343 e. The summed E-state index contributed by atoms with van der Waals surface area (Å²) in [6, 6.07) is 16.8. The van der Waals surface area contributed by atoms with Gasteiger partial charge in [0.2, 0.25) is 5.13 Å². The van der Waals surface area contributed by atoms with Gasteiger partial charge in [-0.05, 0) is 66.2 Å². The van der Waals surface area contributed by atoms with Gasteiger partial charge in [-0.15, -0.1) is 11.3 Å². The molecule has 0 amide bonds. The van der Waals surface area contributed by atoms with Crippen LogP contribution in [0.25, 0.3) is 11.3 Å². The number of hydrogen-bond donors (Lipinski definition) is 1. The zero-order valence-corrected chi connectivity index (χ0v) is 20.7. The lowest BCUT2D eigenvalue weighted by Crippen LogP contribution is -2.09. The number of methoxy groups -OCH3 is 1. The highest BCUT2D eigenvalue weighted by molar-refractivity contribution is 7.14. The summed E-state index contributed by atoms with van der Waals surface area (Å²) in [5, 5.41) is 8.31. The number of carbonyl (C=O) groups excluding carboxylic acids is 1. The van der Waals surface area contributed by atoms with E-state index < -0.39 is 5.97 Å². The Bertz CT molecular complexity index is 1360. The van der Waals surface area contributed by atoms with Crippen LogP contribution in [0.15, 0.2) is 71.1 Å². The van der Waals surface area contributed by atoms with Gasteiger partial charge in [0.15, 0.2) is 11.5 Å². The minimum absolute atomic E-state index is 0.289. The Kier molecular flexibility index (Phi) is 7.70. The van der Waals surface area contributed by atoms with Crippen LogP contribution in [0.2, 0.25) is 15.1 Å². The van der Waals surface area contributed by atoms with Gasteiger partial charge in [-0.3, -0.25) is 5.43 Å². The molecule has 10 heteroatoms. The summed E-state index contributed by atoms with van der Waals surface area (Å²) in [5.41, 5.74) is 5.51. The molecule has 6 nitrogen and oxygen atoms in total. The molecule has 172 valence electrons. The smallest absolute Gasteiger partial charge is 0.343 e. The highest BCUT2D eigenvalue weighted by atomic mass is 35.5. The average molecular weight is 533 g/mol. The predicted octanol–water partition coefficient (Wildman–Crippen LogP) is 7.44. The number of carbonyl (C=O) groups is 1. The Morgan fingerprint density at radius 1 is 1.00 bits per heavy atom. The van der Waals surface area contributed by atoms with Gasteiger partial charge in [0, 0.05) is 21.0 Å². The maximum atomic E-state index is 12.4. The van der Waals surface area contributed by atoms with Crippen LogP contribution < -0.4 is 14.9 Å². The summed E-state index contributed by atoms with van der Waals surface area (Å²) in [6.45, 7) is 0. The van der Waals surface area contributed by atoms with Crippen molar-refractivity contribution in [1.82, 2.24) is 4.98 Å². The van der Waals surface area contributed by atoms with Crippen molar-refractivity contribution in [3.63, 3.8) is 0 Å². The molecule has 1 N–H and O–H groups in total. The molecule has 4 rings (SSSR count). The zero-order valence-electron chi connectivity index (χ0n) is 17.6. The summed E-state index contributed by atoms with van der Waals surface area (Å²) in [7, 11) is 1.49. The Morgan fingerprint density at radius 3 is 2.50 bits per heavy atom. The second-order valence-electron chi connectivity index (χ2n) is 6.84. The minimum atomic E-state index is -0.515. The van der Waals surface area contributed by atoms with Gasteiger partial charge in [0.25, 0.3) is 0 Å². The van der Waals surface area contributed by atoms with Crippen LogP contribution in [0.1, 0.15) is 15.9 Å². The number of hydrazone groups is 1. The fraction of sp³-hybridized carbons (Fsp3) is 0.0417. The van der Waals surface area contributed by atoms with Crippen LogP contribution in [-0.2, 0) is 0 Å². The monoisotopic (exact) mass is 531 g/mol. The SMILES string of the molecule is COc1cc(/C=N\Nc2nc(-c3ccc(Cl)cc3Cl)cs2)ccc1OC(=O)c1ccc(Cl)cc1. The molecule has 0 aliphatic carbocycles. The van der Waals surface area contributed by atoms with E-state index in [-0.39, 0.29) is 5.75 Å². The topological polar surface area (TPSA) is 72.8 Å². The molecule has 4 aromatic rings. The van der Waals surface area contributed by atoms with E-state index >= 15 is 0 Å². The molecule has 34 heavy (non-hydrogen) atoms. The van der Waals surface area contributed by atoms with Crippen LogP contribution in [0, 0.1) is 0 Å². The van der Waals surface area contributed by atoms with Crippen molar-refractivity contribution < 1.29 is 14.3 Å². The van der Waals surface area contributed by atoms with Gasteiger partial charge >= 0.3 is 5.97 Å². The van der Waals surface area contributed by atoms with E-state index in [0.29, 0.717) is 31.5 Å². The summed E-state index contributed by atoms with van der Waals surface area (Å²) in [5.74, 6) is 0.163. The van der Waals surface area contributed by atoms with Crippen molar-refractivity contribution >= 4 is 63.5 Å². The fourth-order valence-corrected chi connectivity index (χ4v) is 4.19. The van der Waals surface area contributed by atoms with Gasteiger partial charge in [0.1, 0.15) is 0 Å². The number of nitrogens with one attached hydrogen (secondary N) is 1. The minimum Gasteiger partial charge on any atom is -0.493 e. The summed E-state index contributed by atoms with van der Waals surface area (Å²) in [4.78, 5) is 16.9. The normalized spacial score (nSPS) is 10.9. The first-order chi connectivity index (χ1) is 16.4. The number of nitrogens with zero attached hydrogens (tertiary/aromatic N) is 2. The summed E-state index contributed by atoms with van der Waals surface area (Å²) in [6.07, 6.45) is 1.60. The van der Waals surface area contributed by atoms with Gasteiger partial charge < -0.3 is 9.47 Å².